The summed E-state index contributed by atoms with van der Waals surface area (Å²) in [5.41, 5.74) is 7.40. The Kier molecular flexibility index (Phi) is 4.70. The SMILES string of the molecule is CCN(Cc1cccc(F)c1)C(=O)C(N)c1cnn(C)c1. The highest BCUT2D eigenvalue weighted by molar-refractivity contribution is 5.82. The van der Waals surface area contributed by atoms with E-state index in [0.29, 0.717) is 18.7 Å². The number of likely N-dealkylation sites (N-methyl/N-ethyl adjacent to an activating group) is 1. The van der Waals surface area contributed by atoms with Gasteiger partial charge in [-0.05, 0) is 24.6 Å². The van der Waals surface area contributed by atoms with Crippen molar-refractivity contribution < 1.29 is 9.18 Å². The minimum Gasteiger partial charge on any atom is -0.337 e. The quantitative estimate of drug-likeness (QED) is 0.910. The van der Waals surface area contributed by atoms with Crippen LogP contribution in [0.4, 0.5) is 4.39 Å². The molecule has 0 bridgehead atoms. The number of hydrogen-bond donors (Lipinski definition) is 1. The van der Waals surface area contributed by atoms with Crippen LogP contribution in [-0.4, -0.2) is 27.1 Å². The van der Waals surface area contributed by atoms with E-state index in [4.69, 9.17) is 5.73 Å². The first kappa shape index (κ1) is 15.2. The highest BCUT2D eigenvalue weighted by Crippen LogP contribution is 2.15. The number of carbonyl (C=O) groups is 1. The van der Waals surface area contributed by atoms with E-state index in [2.05, 4.69) is 5.10 Å². The van der Waals surface area contributed by atoms with Crippen LogP contribution in [0.3, 0.4) is 0 Å². The van der Waals surface area contributed by atoms with Crippen LogP contribution in [0.25, 0.3) is 0 Å². The average molecular weight is 290 g/mol. The normalized spacial score (nSPS) is 12.2. The minimum atomic E-state index is -0.757. The Labute approximate surface area is 123 Å². The molecule has 1 heterocycles. The largest absolute Gasteiger partial charge is 0.337 e. The molecule has 0 spiro atoms. The standard InChI is InChI=1S/C15H19FN4O/c1-3-20(9-11-5-4-6-13(16)7-11)15(21)14(17)12-8-18-19(2)10-12/h4-8,10,14H,3,9,17H2,1-2H3. The maximum absolute atomic E-state index is 13.2. The number of amides is 1. The summed E-state index contributed by atoms with van der Waals surface area (Å²) < 4.78 is 14.8. The van der Waals surface area contributed by atoms with E-state index in [-0.39, 0.29) is 11.7 Å². The molecule has 6 heteroatoms. The predicted octanol–water partition coefficient (Wildman–Crippen LogP) is 1.61. The molecular weight excluding hydrogens is 271 g/mol. The van der Waals surface area contributed by atoms with Crippen LogP contribution in [0.2, 0.25) is 0 Å². The van der Waals surface area contributed by atoms with Crippen LogP contribution in [0.5, 0.6) is 0 Å². The highest BCUT2D eigenvalue weighted by atomic mass is 19.1. The average Bonchev–Trinajstić information content (AvgIpc) is 2.90. The van der Waals surface area contributed by atoms with Crippen molar-refractivity contribution in [1.82, 2.24) is 14.7 Å². The summed E-state index contributed by atoms with van der Waals surface area (Å²) >= 11 is 0. The molecule has 0 aliphatic carbocycles. The second-order valence-electron chi connectivity index (χ2n) is 4.91. The van der Waals surface area contributed by atoms with Gasteiger partial charge in [-0.2, -0.15) is 5.10 Å². The zero-order valence-electron chi connectivity index (χ0n) is 12.2. The number of nitrogens with two attached hydrogens (primary N) is 1. The molecular formula is C15H19FN4O. The number of hydrogen-bond acceptors (Lipinski definition) is 3. The summed E-state index contributed by atoms with van der Waals surface area (Å²) in [6.07, 6.45) is 3.30. The van der Waals surface area contributed by atoms with E-state index in [1.807, 2.05) is 6.92 Å². The third kappa shape index (κ3) is 3.66. The Bertz CT molecular complexity index is 626. The molecule has 5 nitrogen and oxygen atoms in total. The van der Waals surface area contributed by atoms with Crippen molar-refractivity contribution in [2.24, 2.45) is 12.8 Å². The molecule has 2 rings (SSSR count). The van der Waals surface area contributed by atoms with E-state index >= 15 is 0 Å². The molecule has 1 aromatic heterocycles. The lowest BCUT2D eigenvalue weighted by molar-refractivity contribution is -0.133. The molecule has 112 valence electrons. The summed E-state index contributed by atoms with van der Waals surface area (Å²) in [7, 11) is 1.77. The van der Waals surface area contributed by atoms with Gasteiger partial charge in [0.15, 0.2) is 0 Å². The smallest absolute Gasteiger partial charge is 0.244 e. The molecule has 0 saturated heterocycles. The van der Waals surface area contributed by atoms with Gasteiger partial charge in [-0.1, -0.05) is 12.1 Å². The number of aromatic nitrogens is 2. The van der Waals surface area contributed by atoms with Crippen molar-refractivity contribution in [1.29, 1.82) is 0 Å². The predicted molar refractivity (Wildman–Crippen MR) is 77.6 cm³/mol. The fourth-order valence-corrected chi connectivity index (χ4v) is 2.14. The molecule has 0 saturated carbocycles. The van der Waals surface area contributed by atoms with Gasteiger partial charge in [-0.15, -0.1) is 0 Å². The molecule has 1 unspecified atom stereocenters. The number of aryl methyl sites for hydroxylation is 1. The third-order valence-electron chi connectivity index (χ3n) is 3.31. The fraction of sp³-hybridized carbons (Fsp3) is 0.333. The lowest BCUT2D eigenvalue weighted by Crippen LogP contribution is -2.38. The molecule has 1 aromatic carbocycles. The van der Waals surface area contributed by atoms with Crippen molar-refractivity contribution in [2.45, 2.75) is 19.5 Å². The summed E-state index contributed by atoms with van der Waals surface area (Å²) in [6.45, 7) is 2.71. The van der Waals surface area contributed by atoms with E-state index in [1.54, 1.807) is 41.2 Å². The molecule has 1 amide bonds. The molecule has 0 radical (unpaired) electrons. The second kappa shape index (κ2) is 6.49. The minimum absolute atomic E-state index is 0.199. The first-order valence-corrected chi connectivity index (χ1v) is 6.78. The van der Waals surface area contributed by atoms with Crippen molar-refractivity contribution in [3.8, 4) is 0 Å². The Morgan fingerprint density at radius 2 is 2.29 bits per heavy atom. The Balaban J connectivity index is 2.11. The Morgan fingerprint density at radius 3 is 2.86 bits per heavy atom. The summed E-state index contributed by atoms with van der Waals surface area (Å²) in [5, 5.41) is 4.02. The van der Waals surface area contributed by atoms with E-state index < -0.39 is 6.04 Å². The first-order chi connectivity index (χ1) is 10.0. The molecule has 0 aliphatic heterocycles. The lowest BCUT2D eigenvalue weighted by atomic mass is 10.1. The number of nitrogens with zero attached hydrogens (tertiary/aromatic N) is 3. The van der Waals surface area contributed by atoms with E-state index in [1.165, 1.54) is 12.1 Å². The monoisotopic (exact) mass is 290 g/mol. The van der Waals surface area contributed by atoms with Crippen LogP contribution >= 0.6 is 0 Å². The lowest BCUT2D eigenvalue weighted by Gasteiger charge is -2.24. The summed E-state index contributed by atoms with van der Waals surface area (Å²) in [6, 6.07) is 5.46. The first-order valence-electron chi connectivity index (χ1n) is 6.78. The molecule has 21 heavy (non-hydrogen) atoms. The van der Waals surface area contributed by atoms with Crippen molar-refractivity contribution in [3.63, 3.8) is 0 Å². The van der Waals surface area contributed by atoms with E-state index in [0.717, 1.165) is 5.56 Å². The summed E-state index contributed by atoms with van der Waals surface area (Å²) in [4.78, 5) is 14.0. The van der Waals surface area contributed by atoms with Crippen molar-refractivity contribution in [2.75, 3.05) is 6.54 Å². The van der Waals surface area contributed by atoms with Crippen LogP contribution in [0.15, 0.2) is 36.7 Å². The third-order valence-corrected chi connectivity index (χ3v) is 3.31. The molecule has 0 fully saturated rings. The number of carbonyl (C=O) groups excluding carboxylic acids is 1. The second-order valence-corrected chi connectivity index (χ2v) is 4.91. The van der Waals surface area contributed by atoms with Crippen molar-refractivity contribution >= 4 is 5.91 Å². The van der Waals surface area contributed by atoms with E-state index in [9.17, 15) is 9.18 Å². The van der Waals surface area contributed by atoms with Crippen LogP contribution < -0.4 is 5.73 Å². The van der Waals surface area contributed by atoms with Gasteiger partial charge in [0, 0.05) is 31.9 Å². The fourth-order valence-electron chi connectivity index (χ4n) is 2.14. The van der Waals surface area contributed by atoms with Gasteiger partial charge in [-0.3, -0.25) is 9.48 Å². The summed E-state index contributed by atoms with van der Waals surface area (Å²) in [5.74, 6) is -0.512. The van der Waals surface area contributed by atoms with Gasteiger partial charge in [0.2, 0.25) is 5.91 Å². The maximum Gasteiger partial charge on any atom is 0.244 e. The van der Waals surface area contributed by atoms with Crippen LogP contribution in [0, 0.1) is 5.82 Å². The van der Waals surface area contributed by atoms with Gasteiger partial charge >= 0.3 is 0 Å². The topological polar surface area (TPSA) is 64.2 Å². The number of halogens is 1. The number of benzene rings is 1. The molecule has 1 atom stereocenters. The zero-order chi connectivity index (χ0) is 15.4. The van der Waals surface area contributed by atoms with Gasteiger partial charge in [0.05, 0.1) is 6.20 Å². The van der Waals surface area contributed by atoms with Crippen LogP contribution in [0.1, 0.15) is 24.1 Å². The number of rotatable bonds is 5. The van der Waals surface area contributed by atoms with Crippen molar-refractivity contribution in [3.05, 3.63) is 53.6 Å². The van der Waals surface area contributed by atoms with Gasteiger partial charge in [0.25, 0.3) is 0 Å². The molecule has 2 N–H and O–H groups in total. The van der Waals surface area contributed by atoms with Gasteiger partial charge in [0.1, 0.15) is 11.9 Å². The maximum atomic E-state index is 13.2. The van der Waals surface area contributed by atoms with Gasteiger partial charge < -0.3 is 10.6 Å². The van der Waals surface area contributed by atoms with Crippen LogP contribution in [-0.2, 0) is 18.4 Å². The zero-order valence-corrected chi connectivity index (χ0v) is 12.2. The highest BCUT2D eigenvalue weighted by Gasteiger charge is 2.22. The molecule has 0 aliphatic rings. The van der Waals surface area contributed by atoms with Gasteiger partial charge in [-0.25, -0.2) is 4.39 Å². The Hall–Kier alpha value is -2.21. The Morgan fingerprint density at radius 1 is 1.52 bits per heavy atom. The molecule has 2 aromatic rings.